The fourth-order valence-electron chi connectivity index (χ4n) is 4.94. The number of β-amino-alcohol motifs (C(OH)–C–C–N with tert-alkyl or cyclic N) is 1. The summed E-state index contributed by atoms with van der Waals surface area (Å²) >= 11 is 0. The van der Waals surface area contributed by atoms with Crippen LogP contribution >= 0.6 is 0 Å². The molecular formula is C23H34N6O3. The molecule has 2 aromatic rings. The summed E-state index contributed by atoms with van der Waals surface area (Å²) in [4.78, 5) is 37.9. The van der Waals surface area contributed by atoms with Gasteiger partial charge in [-0.25, -0.2) is 4.98 Å². The lowest BCUT2D eigenvalue weighted by molar-refractivity contribution is -0.143. The number of hydrogen-bond donors (Lipinski definition) is 2. The number of nitrogens with one attached hydrogen (secondary N) is 1. The van der Waals surface area contributed by atoms with E-state index in [1.807, 2.05) is 13.2 Å². The first-order valence-electron chi connectivity index (χ1n) is 11.4. The number of anilines is 1. The summed E-state index contributed by atoms with van der Waals surface area (Å²) in [5.74, 6) is 0.351. The molecule has 0 radical (unpaired) electrons. The van der Waals surface area contributed by atoms with Gasteiger partial charge in [0, 0.05) is 43.8 Å². The van der Waals surface area contributed by atoms with Gasteiger partial charge >= 0.3 is 0 Å². The number of piperidine rings is 1. The zero-order valence-electron chi connectivity index (χ0n) is 19.5. The van der Waals surface area contributed by atoms with Crippen molar-refractivity contribution >= 4 is 28.8 Å². The predicted octanol–water partition coefficient (Wildman–Crippen LogP) is 1.85. The molecule has 2 fully saturated rings. The van der Waals surface area contributed by atoms with Crippen molar-refractivity contribution in [3.05, 3.63) is 18.0 Å². The van der Waals surface area contributed by atoms with Crippen LogP contribution in [0.15, 0.2) is 12.3 Å². The van der Waals surface area contributed by atoms with Gasteiger partial charge in [0.05, 0.1) is 18.6 Å². The average Bonchev–Trinajstić information content (AvgIpc) is 3.18. The van der Waals surface area contributed by atoms with E-state index in [4.69, 9.17) is 4.98 Å². The van der Waals surface area contributed by atoms with Crippen LogP contribution in [0.2, 0.25) is 0 Å². The summed E-state index contributed by atoms with van der Waals surface area (Å²) in [6.07, 6.45) is 3.47. The second-order valence-corrected chi connectivity index (χ2v) is 10.3. The van der Waals surface area contributed by atoms with E-state index in [1.165, 1.54) is 10.6 Å². The topological polar surface area (TPSA) is 104 Å². The number of likely N-dealkylation sites (tertiary alicyclic amines) is 2. The molecule has 32 heavy (non-hydrogen) atoms. The summed E-state index contributed by atoms with van der Waals surface area (Å²) < 4.78 is 2.29. The molecule has 0 atom stereocenters. The molecule has 0 aromatic carbocycles. The zero-order valence-corrected chi connectivity index (χ0v) is 19.5. The molecule has 2 aromatic heterocycles. The number of aliphatic hydroxyl groups is 1. The molecule has 9 nitrogen and oxygen atoms in total. The summed E-state index contributed by atoms with van der Waals surface area (Å²) in [5.41, 5.74) is 1.61. The van der Waals surface area contributed by atoms with Gasteiger partial charge in [-0.15, -0.1) is 0 Å². The normalized spacial score (nSPS) is 19.5. The van der Waals surface area contributed by atoms with Crippen LogP contribution in [0.1, 0.15) is 45.7 Å². The number of amides is 2. The van der Waals surface area contributed by atoms with Gasteiger partial charge in [0.1, 0.15) is 5.65 Å². The van der Waals surface area contributed by atoms with Gasteiger partial charge in [-0.2, -0.15) is 4.98 Å². The lowest BCUT2D eigenvalue weighted by Gasteiger charge is -2.37. The van der Waals surface area contributed by atoms with E-state index in [1.54, 1.807) is 0 Å². The van der Waals surface area contributed by atoms with Crippen molar-refractivity contribution in [3.63, 3.8) is 0 Å². The lowest BCUT2D eigenvalue weighted by Crippen LogP contribution is -2.45. The predicted molar refractivity (Wildman–Crippen MR) is 122 cm³/mol. The van der Waals surface area contributed by atoms with Crippen LogP contribution < -0.4 is 5.32 Å². The SMILES string of the molecule is CNc1ncc2cc(CN3CCC4(CC3)CC(=O)N(CCO)C4=O)n(CC(C)(C)C)c2n1. The molecule has 9 heteroatoms. The minimum atomic E-state index is -0.589. The Morgan fingerprint density at radius 1 is 1.22 bits per heavy atom. The average molecular weight is 443 g/mol. The smallest absolute Gasteiger partial charge is 0.236 e. The molecular weight excluding hydrogens is 408 g/mol. The van der Waals surface area contributed by atoms with Gasteiger partial charge in [0.25, 0.3) is 0 Å². The minimum Gasteiger partial charge on any atom is -0.395 e. The third-order valence-corrected chi connectivity index (χ3v) is 6.59. The molecule has 2 saturated heterocycles. The number of carbonyl (C=O) groups is 2. The Bertz CT molecular complexity index is 1020. The van der Waals surface area contributed by atoms with Gasteiger partial charge in [0.15, 0.2) is 0 Å². The van der Waals surface area contributed by atoms with E-state index in [0.29, 0.717) is 18.8 Å². The summed E-state index contributed by atoms with van der Waals surface area (Å²) in [5, 5.41) is 13.2. The third-order valence-electron chi connectivity index (χ3n) is 6.59. The Labute approximate surface area is 188 Å². The zero-order chi connectivity index (χ0) is 23.1. The molecule has 1 spiro atoms. The molecule has 4 heterocycles. The van der Waals surface area contributed by atoms with Crippen molar-refractivity contribution in [3.8, 4) is 0 Å². The maximum Gasteiger partial charge on any atom is 0.236 e. The van der Waals surface area contributed by atoms with Crippen LogP contribution in [-0.2, 0) is 22.7 Å². The highest BCUT2D eigenvalue weighted by molar-refractivity contribution is 6.06. The van der Waals surface area contributed by atoms with Gasteiger partial charge in [-0.3, -0.25) is 19.4 Å². The molecule has 2 N–H and O–H groups in total. The fraction of sp³-hybridized carbons (Fsp3) is 0.652. The molecule has 2 aliphatic heterocycles. The van der Waals surface area contributed by atoms with Crippen molar-refractivity contribution in [1.29, 1.82) is 0 Å². The highest BCUT2D eigenvalue weighted by Crippen LogP contribution is 2.42. The third kappa shape index (κ3) is 4.23. The molecule has 2 amide bonds. The van der Waals surface area contributed by atoms with Crippen LogP contribution in [0.3, 0.4) is 0 Å². The summed E-state index contributed by atoms with van der Waals surface area (Å²) in [6.45, 7) is 9.69. The Balaban J connectivity index is 1.53. The van der Waals surface area contributed by atoms with Crippen LogP contribution in [0.25, 0.3) is 11.0 Å². The molecule has 4 rings (SSSR count). The number of carbonyl (C=O) groups excluding carboxylic acids is 2. The second kappa shape index (κ2) is 8.44. The van der Waals surface area contributed by atoms with Crippen molar-refractivity contribution in [2.45, 2.75) is 53.1 Å². The Hall–Kier alpha value is -2.52. The van der Waals surface area contributed by atoms with Gasteiger partial charge in [0.2, 0.25) is 17.8 Å². The van der Waals surface area contributed by atoms with Crippen molar-refractivity contribution < 1.29 is 14.7 Å². The van der Waals surface area contributed by atoms with Crippen molar-refractivity contribution in [1.82, 2.24) is 24.3 Å². The molecule has 0 aliphatic carbocycles. The van der Waals surface area contributed by atoms with Gasteiger partial charge in [-0.1, -0.05) is 20.8 Å². The second-order valence-electron chi connectivity index (χ2n) is 10.3. The Morgan fingerprint density at radius 3 is 2.56 bits per heavy atom. The van der Waals surface area contributed by atoms with Gasteiger partial charge < -0.3 is 15.0 Å². The maximum absolute atomic E-state index is 12.9. The molecule has 0 bridgehead atoms. The number of aromatic nitrogens is 3. The number of hydrogen-bond acceptors (Lipinski definition) is 7. The number of aliphatic hydroxyl groups excluding tert-OH is 1. The maximum atomic E-state index is 12.9. The molecule has 174 valence electrons. The first-order valence-corrected chi connectivity index (χ1v) is 11.4. The van der Waals surface area contributed by atoms with Crippen LogP contribution in [-0.4, -0.2) is 74.5 Å². The van der Waals surface area contributed by atoms with E-state index in [0.717, 1.165) is 37.2 Å². The Morgan fingerprint density at radius 2 is 1.94 bits per heavy atom. The van der Waals surface area contributed by atoms with E-state index < -0.39 is 5.41 Å². The van der Waals surface area contributed by atoms with Crippen molar-refractivity contribution in [2.24, 2.45) is 10.8 Å². The van der Waals surface area contributed by atoms with Crippen molar-refractivity contribution in [2.75, 3.05) is 38.6 Å². The van der Waals surface area contributed by atoms with Crippen LogP contribution in [0.4, 0.5) is 5.95 Å². The first-order chi connectivity index (χ1) is 15.2. The summed E-state index contributed by atoms with van der Waals surface area (Å²) in [7, 11) is 1.82. The van der Waals surface area contributed by atoms with E-state index in [9.17, 15) is 14.7 Å². The van der Waals surface area contributed by atoms with E-state index in [-0.39, 0.29) is 36.8 Å². The van der Waals surface area contributed by atoms with Gasteiger partial charge in [-0.05, 0) is 37.4 Å². The number of rotatable bonds is 6. The first kappa shape index (κ1) is 22.7. The minimum absolute atomic E-state index is 0.0875. The number of imide groups is 1. The number of nitrogens with zero attached hydrogens (tertiary/aromatic N) is 5. The molecule has 0 saturated carbocycles. The molecule has 0 unspecified atom stereocenters. The monoisotopic (exact) mass is 442 g/mol. The largest absolute Gasteiger partial charge is 0.395 e. The standard InChI is InChI=1S/C23H34N6O3/c1-22(2,3)15-29-17(11-16-13-25-21(24-4)26-19(16)29)14-27-7-5-23(6-8-27)12-18(31)28(9-10-30)20(23)32/h11,13,30H,5-10,12,14-15H2,1-4H3,(H,24,25,26). The van der Waals surface area contributed by atoms with E-state index in [2.05, 4.69) is 46.6 Å². The molecule has 2 aliphatic rings. The van der Waals surface area contributed by atoms with E-state index >= 15 is 0 Å². The quantitative estimate of drug-likeness (QED) is 0.658. The lowest BCUT2D eigenvalue weighted by atomic mass is 9.77. The summed E-state index contributed by atoms with van der Waals surface area (Å²) in [6, 6.07) is 2.16. The van der Waals surface area contributed by atoms with Crippen LogP contribution in [0.5, 0.6) is 0 Å². The highest BCUT2D eigenvalue weighted by Gasteiger charge is 2.52. The number of fused-ring (bicyclic) bond motifs is 1. The Kier molecular flexibility index (Phi) is 5.98. The highest BCUT2D eigenvalue weighted by atomic mass is 16.3. The fourth-order valence-corrected chi connectivity index (χ4v) is 4.94. The van der Waals surface area contributed by atoms with Crippen LogP contribution in [0, 0.1) is 10.8 Å².